The van der Waals surface area contributed by atoms with Crippen molar-refractivity contribution < 1.29 is 4.79 Å². The number of carbonyl (C=O) groups excluding carboxylic acids is 1. The predicted molar refractivity (Wildman–Crippen MR) is 80.3 cm³/mol. The van der Waals surface area contributed by atoms with Gasteiger partial charge in [0.25, 0.3) is 0 Å². The summed E-state index contributed by atoms with van der Waals surface area (Å²) in [5.41, 5.74) is 6.94. The van der Waals surface area contributed by atoms with Gasteiger partial charge in [-0.15, -0.1) is 11.8 Å². The lowest BCUT2D eigenvalue weighted by Crippen LogP contribution is -2.57. The van der Waals surface area contributed by atoms with Crippen LogP contribution >= 0.6 is 11.8 Å². The number of pyridine rings is 1. The third-order valence-corrected chi connectivity index (χ3v) is 3.96. The smallest absolute Gasteiger partial charge is 0.238 e. The molecular formula is C14H23N3OS. The number of nitrogens with zero attached hydrogens (tertiary/aromatic N) is 1. The Morgan fingerprint density at radius 1 is 1.47 bits per heavy atom. The summed E-state index contributed by atoms with van der Waals surface area (Å²) in [7, 11) is 0. The van der Waals surface area contributed by atoms with Gasteiger partial charge in [-0.25, -0.2) is 4.98 Å². The number of thioether (sulfide) groups is 1. The fourth-order valence-corrected chi connectivity index (χ4v) is 3.06. The summed E-state index contributed by atoms with van der Waals surface area (Å²) in [5.74, 6) is 0.231. The van der Waals surface area contributed by atoms with Crippen LogP contribution in [0.15, 0.2) is 17.2 Å². The topological polar surface area (TPSA) is 68.0 Å². The fourth-order valence-electron chi connectivity index (χ4n) is 1.92. The van der Waals surface area contributed by atoms with Crippen LogP contribution in [0.5, 0.6) is 0 Å². The van der Waals surface area contributed by atoms with E-state index >= 15 is 0 Å². The number of aryl methyl sites for hydroxylation is 2. The van der Waals surface area contributed by atoms with E-state index in [0.717, 1.165) is 10.7 Å². The number of aromatic nitrogens is 1. The Balaban J connectivity index is 2.79. The number of primary amides is 1. The predicted octanol–water partition coefficient (Wildman–Crippen LogP) is 2.03. The first kappa shape index (κ1) is 16.0. The van der Waals surface area contributed by atoms with Gasteiger partial charge in [-0.2, -0.15) is 0 Å². The SMILES string of the molecule is Cc1cc(C)nc(SCC(C)(NC(C)C)C(N)=O)c1. The molecule has 0 aliphatic carbocycles. The second kappa shape index (κ2) is 6.39. The van der Waals surface area contributed by atoms with Gasteiger partial charge in [0.15, 0.2) is 0 Å². The van der Waals surface area contributed by atoms with Gasteiger partial charge < -0.3 is 11.1 Å². The molecule has 1 atom stereocenters. The van der Waals surface area contributed by atoms with Crippen LogP contribution in [0.3, 0.4) is 0 Å². The van der Waals surface area contributed by atoms with Gasteiger partial charge in [0, 0.05) is 17.5 Å². The first-order valence-corrected chi connectivity index (χ1v) is 7.37. The molecule has 0 radical (unpaired) electrons. The molecular weight excluding hydrogens is 258 g/mol. The summed E-state index contributed by atoms with van der Waals surface area (Å²) in [4.78, 5) is 16.1. The molecule has 4 nitrogen and oxygen atoms in total. The van der Waals surface area contributed by atoms with Gasteiger partial charge in [0.1, 0.15) is 5.54 Å². The first-order valence-electron chi connectivity index (χ1n) is 6.38. The molecule has 3 N–H and O–H groups in total. The van der Waals surface area contributed by atoms with E-state index in [-0.39, 0.29) is 11.9 Å². The third-order valence-electron chi connectivity index (χ3n) is 2.73. The van der Waals surface area contributed by atoms with Gasteiger partial charge in [0.05, 0.1) is 5.03 Å². The molecule has 1 aromatic heterocycles. The van der Waals surface area contributed by atoms with Gasteiger partial charge in [-0.3, -0.25) is 4.79 Å². The van der Waals surface area contributed by atoms with Crippen molar-refractivity contribution in [3.05, 3.63) is 23.4 Å². The number of amides is 1. The molecule has 0 aliphatic rings. The zero-order valence-electron chi connectivity index (χ0n) is 12.3. The first-order chi connectivity index (χ1) is 8.73. The highest BCUT2D eigenvalue weighted by Crippen LogP contribution is 2.22. The molecule has 0 saturated carbocycles. The molecule has 1 unspecified atom stereocenters. The van der Waals surface area contributed by atoms with Gasteiger partial charge >= 0.3 is 0 Å². The van der Waals surface area contributed by atoms with Crippen LogP contribution in [0.25, 0.3) is 0 Å². The molecule has 1 aromatic rings. The summed E-state index contributed by atoms with van der Waals surface area (Å²) in [6, 6.07) is 4.25. The normalized spacial score (nSPS) is 14.4. The van der Waals surface area contributed by atoms with E-state index in [1.807, 2.05) is 46.8 Å². The van der Waals surface area contributed by atoms with Gasteiger partial charge in [-0.1, -0.05) is 0 Å². The van der Waals surface area contributed by atoms with Crippen LogP contribution < -0.4 is 11.1 Å². The molecule has 0 spiro atoms. The van der Waals surface area contributed by atoms with E-state index in [1.54, 1.807) is 11.8 Å². The Labute approximate surface area is 119 Å². The highest BCUT2D eigenvalue weighted by Gasteiger charge is 2.31. The molecule has 0 aliphatic heterocycles. The van der Waals surface area contributed by atoms with Crippen molar-refractivity contribution >= 4 is 17.7 Å². The van der Waals surface area contributed by atoms with Crippen molar-refractivity contribution in [2.75, 3.05) is 5.75 Å². The molecule has 19 heavy (non-hydrogen) atoms. The van der Waals surface area contributed by atoms with E-state index in [2.05, 4.69) is 10.3 Å². The Bertz CT molecular complexity index is 442. The average molecular weight is 281 g/mol. The monoisotopic (exact) mass is 281 g/mol. The molecule has 1 rings (SSSR count). The second-order valence-corrected chi connectivity index (χ2v) is 6.40. The maximum Gasteiger partial charge on any atom is 0.238 e. The molecule has 1 heterocycles. The zero-order valence-corrected chi connectivity index (χ0v) is 13.1. The summed E-state index contributed by atoms with van der Waals surface area (Å²) in [6.07, 6.45) is 0. The molecule has 0 saturated heterocycles. The Morgan fingerprint density at radius 3 is 2.58 bits per heavy atom. The van der Waals surface area contributed by atoms with Gasteiger partial charge in [0.2, 0.25) is 5.91 Å². The maximum atomic E-state index is 11.6. The Hall–Kier alpha value is -1.07. The molecule has 1 amide bonds. The molecule has 0 fully saturated rings. The van der Waals surface area contributed by atoms with Crippen molar-refractivity contribution in [3.8, 4) is 0 Å². The average Bonchev–Trinajstić information content (AvgIpc) is 2.24. The minimum Gasteiger partial charge on any atom is -0.368 e. The minimum absolute atomic E-state index is 0.199. The molecule has 106 valence electrons. The standard InChI is InChI=1S/C14H23N3OS/c1-9(2)17-14(5,13(15)18)8-19-12-7-10(3)6-11(4)16-12/h6-7,9,17H,8H2,1-5H3,(H2,15,18). The lowest BCUT2D eigenvalue weighted by molar-refractivity contribution is -0.123. The molecule has 5 heteroatoms. The van der Waals surface area contributed by atoms with Crippen LogP contribution in [0.1, 0.15) is 32.0 Å². The number of rotatable bonds is 6. The summed E-state index contributed by atoms with van der Waals surface area (Å²) >= 11 is 1.55. The largest absolute Gasteiger partial charge is 0.368 e. The van der Waals surface area contributed by atoms with Crippen LogP contribution in [0.2, 0.25) is 0 Å². The maximum absolute atomic E-state index is 11.6. The summed E-state index contributed by atoms with van der Waals surface area (Å²) < 4.78 is 0. The molecule has 0 aromatic carbocycles. The lowest BCUT2D eigenvalue weighted by atomic mass is 10.0. The van der Waals surface area contributed by atoms with Crippen LogP contribution in [-0.2, 0) is 4.79 Å². The van der Waals surface area contributed by atoms with Crippen LogP contribution in [-0.4, -0.2) is 28.2 Å². The number of nitrogens with one attached hydrogen (secondary N) is 1. The van der Waals surface area contributed by atoms with E-state index < -0.39 is 5.54 Å². The minimum atomic E-state index is -0.724. The van der Waals surface area contributed by atoms with Crippen LogP contribution in [0.4, 0.5) is 0 Å². The highest BCUT2D eigenvalue weighted by molar-refractivity contribution is 7.99. The quantitative estimate of drug-likeness (QED) is 0.783. The van der Waals surface area contributed by atoms with E-state index in [4.69, 9.17) is 5.73 Å². The van der Waals surface area contributed by atoms with E-state index in [1.165, 1.54) is 5.56 Å². The lowest BCUT2D eigenvalue weighted by Gasteiger charge is -2.29. The van der Waals surface area contributed by atoms with Crippen molar-refractivity contribution in [2.45, 2.75) is 51.2 Å². The number of carbonyl (C=O) groups is 1. The fraction of sp³-hybridized carbons (Fsp3) is 0.571. The van der Waals surface area contributed by atoms with E-state index in [0.29, 0.717) is 5.75 Å². The Morgan fingerprint density at radius 2 is 2.11 bits per heavy atom. The third kappa shape index (κ3) is 4.84. The number of hydrogen-bond donors (Lipinski definition) is 2. The van der Waals surface area contributed by atoms with E-state index in [9.17, 15) is 4.79 Å². The Kier molecular flexibility index (Phi) is 5.38. The van der Waals surface area contributed by atoms with Gasteiger partial charge in [-0.05, 0) is 52.3 Å². The molecule has 0 bridgehead atoms. The highest BCUT2D eigenvalue weighted by atomic mass is 32.2. The summed E-state index contributed by atoms with van der Waals surface area (Å²) in [6.45, 7) is 9.85. The number of hydrogen-bond acceptors (Lipinski definition) is 4. The summed E-state index contributed by atoms with van der Waals surface area (Å²) in [5, 5.41) is 4.16. The van der Waals surface area contributed by atoms with Crippen molar-refractivity contribution in [1.29, 1.82) is 0 Å². The van der Waals surface area contributed by atoms with Crippen molar-refractivity contribution in [2.24, 2.45) is 5.73 Å². The number of nitrogens with two attached hydrogens (primary N) is 1. The van der Waals surface area contributed by atoms with Crippen molar-refractivity contribution in [1.82, 2.24) is 10.3 Å². The zero-order chi connectivity index (χ0) is 14.6. The second-order valence-electron chi connectivity index (χ2n) is 5.41. The van der Waals surface area contributed by atoms with Crippen LogP contribution in [0, 0.1) is 13.8 Å². The van der Waals surface area contributed by atoms with Crippen molar-refractivity contribution in [3.63, 3.8) is 0 Å².